The molecule has 106 valence electrons. The van der Waals surface area contributed by atoms with Crippen molar-refractivity contribution in [3.8, 4) is 0 Å². The molecule has 2 rings (SSSR count). The van der Waals surface area contributed by atoms with Gasteiger partial charge in [0.25, 0.3) is 5.91 Å². The number of nitrogen functional groups attached to an aromatic ring is 1. The van der Waals surface area contributed by atoms with Crippen molar-refractivity contribution in [2.24, 2.45) is 0 Å². The molecule has 3 N–H and O–H groups in total. The molecular formula is C14H14Cl2N2O2. The lowest BCUT2D eigenvalue weighted by atomic mass is 10.1. The number of hydrogen-bond acceptors (Lipinski definition) is 3. The van der Waals surface area contributed by atoms with Crippen LogP contribution in [-0.2, 0) is 6.42 Å². The molecular weight excluding hydrogens is 299 g/mol. The van der Waals surface area contributed by atoms with Gasteiger partial charge in [0.15, 0.2) is 0 Å². The highest BCUT2D eigenvalue weighted by atomic mass is 35.5. The maximum absolute atomic E-state index is 12.1. The normalized spacial score (nSPS) is 12.2. The van der Waals surface area contributed by atoms with E-state index in [0.29, 0.717) is 12.0 Å². The van der Waals surface area contributed by atoms with Crippen molar-refractivity contribution in [3.63, 3.8) is 0 Å². The molecule has 0 saturated heterocycles. The summed E-state index contributed by atoms with van der Waals surface area (Å²) in [4.78, 5) is 12.1. The van der Waals surface area contributed by atoms with E-state index in [1.165, 1.54) is 12.1 Å². The number of carbonyl (C=O) groups excluding carboxylic acids is 1. The summed E-state index contributed by atoms with van der Waals surface area (Å²) in [6.07, 6.45) is 2.21. The van der Waals surface area contributed by atoms with Crippen molar-refractivity contribution in [1.29, 1.82) is 0 Å². The fourth-order valence-electron chi connectivity index (χ4n) is 1.80. The monoisotopic (exact) mass is 312 g/mol. The molecule has 20 heavy (non-hydrogen) atoms. The molecule has 1 aromatic heterocycles. The molecule has 1 heterocycles. The first-order valence-electron chi connectivity index (χ1n) is 6.05. The molecule has 0 radical (unpaired) electrons. The first-order chi connectivity index (χ1) is 9.47. The van der Waals surface area contributed by atoms with E-state index in [1.54, 1.807) is 6.26 Å². The second-order valence-electron chi connectivity index (χ2n) is 4.51. The minimum Gasteiger partial charge on any atom is -0.469 e. The fraction of sp³-hybridized carbons (Fsp3) is 0.214. The first kappa shape index (κ1) is 14.8. The topological polar surface area (TPSA) is 68.3 Å². The van der Waals surface area contributed by atoms with E-state index < -0.39 is 0 Å². The van der Waals surface area contributed by atoms with Crippen LogP contribution in [0, 0.1) is 0 Å². The van der Waals surface area contributed by atoms with Gasteiger partial charge in [-0.05, 0) is 31.2 Å². The number of benzene rings is 1. The highest BCUT2D eigenvalue weighted by Gasteiger charge is 2.14. The number of carbonyl (C=O) groups is 1. The summed E-state index contributed by atoms with van der Waals surface area (Å²) in [5, 5.41) is 3.38. The van der Waals surface area contributed by atoms with Gasteiger partial charge in [0.1, 0.15) is 5.76 Å². The number of anilines is 1. The lowest BCUT2D eigenvalue weighted by Crippen LogP contribution is -2.34. The Bertz CT molecular complexity index is 589. The van der Waals surface area contributed by atoms with Crippen molar-refractivity contribution in [2.45, 2.75) is 19.4 Å². The molecule has 2 aromatic rings. The van der Waals surface area contributed by atoms with Gasteiger partial charge in [-0.25, -0.2) is 0 Å². The third-order valence-corrected chi connectivity index (χ3v) is 3.43. The van der Waals surface area contributed by atoms with E-state index in [9.17, 15) is 4.79 Å². The van der Waals surface area contributed by atoms with Crippen molar-refractivity contribution in [2.75, 3.05) is 5.73 Å². The van der Waals surface area contributed by atoms with E-state index >= 15 is 0 Å². The smallest absolute Gasteiger partial charge is 0.251 e. The molecule has 0 saturated carbocycles. The van der Waals surface area contributed by atoms with E-state index in [4.69, 9.17) is 33.4 Å². The molecule has 0 fully saturated rings. The van der Waals surface area contributed by atoms with Gasteiger partial charge >= 0.3 is 0 Å². The van der Waals surface area contributed by atoms with Crippen LogP contribution in [0.1, 0.15) is 23.0 Å². The van der Waals surface area contributed by atoms with Crippen LogP contribution in [-0.4, -0.2) is 11.9 Å². The Balaban J connectivity index is 2.04. The average molecular weight is 313 g/mol. The third-order valence-electron chi connectivity index (χ3n) is 2.81. The van der Waals surface area contributed by atoms with Gasteiger partial charge in [-0.3, -0.25) is 4.79 Å². The van der Waals surface area contributed by atoms with Crippen LogP contribution < -0.4 is 11.1 Å². The Kier molecular flexibility index (Phi) is 4.57. The summed E-state index contributed by atoms with van der Waals surface area (Å²) in [7, 11) is 0. The van der Waals surface area contributed by atoms with Crippen LogP contribution in [0.5, 0.6) is 0 Å². The van der Waals surface area contributed by atoms with Gasteiger partial charge in [0.2, 0.25) is 0 Å². The zero-order chi connectivity index (χ0) is 14.7. The van der Waals surface area contributed by atoms with E-state index in [2.05, 4.69) is 5.32 Å². The summed E-state index contributed by atoms with van der Waals surface area (Å²) in [5.41, 5.74) is 6.28. The number of amides is 1. The van der Waals surface area contributed by atoms with Gasteiger partial charge in [0.05, 0.1) is 22.0 Å². The quantitative estimate of drug-likeness (QED) is 0.849. The molecule has 0 aliphatic carbocycles. The van der Waals surface area contributed by atoms with Crippen LogP contribution in [0.3, 0.4) is 0 Å². The first-order valence-corrected chi connectivity index (χ1v) is 6.80. The van der Waals surface area contributed by atoms with Gasteiger partial charge in [-0.2, -0.15) is 0 Å². The lowest BCUT2D eigenvalue weighted by Gasteiger charge is -2.13. The minimum atomic E-state index is -0.257. The molecule has 1 amide bonds. The maximum Gasteiger partial charge on any atom is 0.251 e. The van der Waals surface area contributed by atoms with Crippen LogP contribution in [0.25, 0.3) is 0 Å². The predicted molar refractivity (Wildman–Crippen MR) is 80.2 cm³/mol. The second kappa shape index (κ2) is 6.20. The van der Waals surface area contributed by atoms with E-state index in [1.807, 2.05) is 19.1 Å². The molecule has 1 aromatic carbocycles. The van der Waals surface area contributed by atoms with Crippen LogP contribution in [0.15, 0.2) is 34.9 Å². The third kappa shape index (κ3) is 3.46. The largest absolute Gasteiger partial charge is 0.469 e. The Morgan fingerprint density at radius 2 is 2.05 bits per heavy atom. The molecule has 1 unspecified atom stereocenters. The maximum atomic E-state index is 12.1. The SMILES string of the molecule is CC(Cc1ccco1)NC(=O)c1cc(Cl)c(N)c(Cl)c1. The van der Waals surface area contributed by atoms with Gasteiger partial charge in [-0.1, -0.05) is 23.2 Å². The molecule has 0 aliphatic heterocycles. The standard InChI is InChI=1S/C14H14Cl2N2O2/c1-8(5-10-3-2-4-20-10)18-14(19)9-6-11(15)13(17)12(16)7-9/h2-4,6-8H,5,17H2,1H3,(H,18,19). The lowest BCUT2D eigenvalue weighted by molar-refractivity contribution is 0.0939. The van der Waals surface area contributed by atoms with Crippen molar-refractivity contribution >= 4 is 34.8 Å². The minimum absolute atomic E-state index is 0.0799. The van der Waals surface area contributed by atoms with Crippen LogP contribution >= 0.6 is 23.2 Å². The Morgan fingerprint density at radius 1 is 1.40 bits per heavy atom. The molecule has 0 bridgehead atoms. The van der Waals surface area contributed by atoms with Crippen LogP contribution in [0.4, 0.5) is 5.69 Å². The van der Waals surface area contributed by atoms with Crippen molar-refractivity contribution in [1.82, 2.24) is 5.32 Å². The van der Waals surface area contributed by atoms with Gasteiger partial charge in [-0.15, -0.1) is 0 Å². The summed E-state index contributed by atoms with van der Waals surface area (Å²) >= 11 is 11.8. The second-order valence-corrected chi connectivity index (χ2v) is 5.33. The highest BCUT2D eigenvalue weighted by molar-refractivity contribution is 6.39. The molecule has 1 atom stereocenters. The summed E-state index contributed by atoms with van der Waals surface area (Å²) in [6.45, 7) is 1.89. The van der Waals surface area contributed by atoms with Crippen molar-refractivity contribution in [3.05, 3.63) is 51.9 Å². The number of nitrogens with one attached hydrogen (secondary N) is 1. The molecule has 6 heteroatoms. The van der Waals surface area contributed by atoms with Gasteiger partial charge < -0.3 is 15.5 Å². The average Bonchev–Trinajstić information content (AvgIpc) is 2.87. The van der Waals surface area contributed by atoms with E-state index in [-0.39, 0.29) is 27.7 Å². The van der Waals surface area contributed by atoms with E-state index in [0.717, 1.165) is 5.76 Å². The summed E-state index contributed by atoms with van der Waals surface area (Å²) in [6, 6.07) is 6.59. The Hall–Kier alpha value is -1.65. The summed E-state index contributed by atoms with van der Waals surface area (Å²) in [5.74, 6) is 0.555. The molecule has 0 spiro atoms. The summed E-state index contributed by atoms with van der Waals surface area (Å²) < 4.78 is 5.24. The van der Waals surface area contributed by atoms with Crippen LogP contribution in [0.2, 0.25) is 10.0 Å². The number of halogens is 2. The molecule has 0 aliphatic rings. The fourth-order valence-corrected chi connectivity index (χ4v) is 2.29. The Labute approximate surface area is 126 Å². The zero-order valence-electron chi connectivity index (χ0n) is 10.8. The number of furan rings is 1. The highest BCUT2D eigenvalue weighted by Crippen LogP contribution is 2.28. The number of hydrogen-bond donors (Lipinski definition) is 2. The zero-order valence-corrected chi connectivity index (χ0v) is 12.3. The Morgan fingerprint density at radius 3 is 2.60 bits per heavy atom. The molecule has 4 nitrogen and oxygen atoms in total. The number of rotatable bonds is 4. The predicted octanol–water partition coefficient (Wildman–Crippen LogP) is 3.53. The van der Waals surface area contributed by atoms with Gasteiger partial charge in [0, 0.05) is 18.0 Å². The van der Waals surface area contributed by atoms with Crippen molar-refractivity contribution < 1.29 is 9.21 Å². The number of nitrogens with two attached hydrogens (primary N) is 1.